The molecular formula is C25H21N3O3. The third-order valence-corrected chi connectivity index (χ3v) is 4.91. The van der Waals surface area contributed by atoms with E-state index in [9.17, 15) is 9.59 Å². The molecule has 0 atom stereocenters. The Morgan fingerprint density at radius 2 is 1.87 bits per heavy atom. The minimum atomic E-state index is -0.502. The maximum atomic E-state index is 11.9. The lowest BCUT2D eigenvalue weighted by molar-refractivity contribution is -0.111. The first-order valence-electron chi connectivity index (χ1n) is 9.70. The van der Waals surface area contributed by atoms with Gasteiger partial charge in [0.1, 0.15) is 12.4 Å². The summed E-state index contributed by atoms with van der Waals surface area (Å²) in [6.45, 7) is 3.89. The fraction of sp³-hybridized carbons (Fsp3) is 0.0400. The van der Waals surface area contributed by atoms with Crippen molar-refractivity contribution in [2.75, 3.05) is 5.32 Å². The number of carbonyl (C=O) groups is 2. The van der Waals surface area contributed by atoms with E-state index < -0.39 is 5.91 Å². The minimum absolute atomic E-state index is 0.318. The van der Waals surface area contributed by atoms with Crippen LogP contribution in [0.4, 0.5) is 5.69 Å². The molecular weight excluding hydrogens is 390 g/mol. The Balaban J connectivity index is 1.77. The van der Waals surface area contributed by atoms with Gasteiger partial charge < -0.3 is 20.8 Å². The number of amides is 2. The van der Waals surface area contributed by atoms with Crippen molar-refractivity contribution in [3.8, 4) is 16.9 Å². The van der Waals surface area contributed by atoms with E-state index in [1.807, 2.05) is 54.6 Å². The number of primary amides is 1. The molecule has 4 N–H and O–H groups in total. The second-order valence-corrected chi connectivity index (χ2v) is 7.00. The summed E-state index contributed by atoms with van der Waals surface area (Å²) in [4.78, 5) is 26.7. The molecule has 4 aromatic rings. The number of benzene rings is 3. The molecule has 0 saturated heterocycles. The van der Waals surface area contributed by atoms with Crippen LogP contribution in [0.25, 0.3) is 22.0 Å². The third kappa shape index (κ3) is 4.33. The lowest BCUT2D eigenvalue weighted by atomic mass is 9.98. The van der Waals surface area contributed by atoms with Gasteiger partial charge in [0.25, 0.3) is 5.91 Å². The molecule has 31 heavy (non-hydrogen) atoms. The molecule has 0 spiro atoms. The van der Waals surface area contributed by atoms with Crippen molar-refractivity contribution in [1.29, 1.82) is 0 Å². The molecule has 0 radical (unpaired) electrons. The summed E-state index contributed by atoms with van der Waals surface area (Å²) in [6.07, 6.45) is 2.97. The lowest BCUT2D eigenvalue weighted by Crippen LogP contribution is -2.11. The van der Waals surface area contributed by atoms with E-state index in [0.717, 1.165) is 22.1 Å². The van der Waals surface area contributed by atoms with E-state index in [2.05, 4.69) is 16.9 Å². The van der Waals surface area contributed by atoms with Crippen molar-refractivity contribution in [3.05, 3.63) is 96.7 Å². The van der Waals surface area contributed by atoms with Gasteiger partial charge in [-0.2, -0.15) is 0 Å². The number of aromatic nitrogens is 1. The molecule has 0 unspecified atom stereocenters. The minimum Gasteiger partial charge on any atom is -0.489 e. The van der Waals surface area contributed by atoms with Crippen molar-refractivity contribution in [3.63, 3.8) is 0 Å². The molecule has 0 aliphatic rings. The number of hydrogen-bond donors (Lipinski definition) is 3. The Labute approximate surface area is 179 Å². The first-order chi connectivity index (χ1) is 15.0. The zero-order chi connectivity index (χ0) is 21.8. The van der Waals surface area contributed by atoms with E-state index in [1.54, 1.807) is 18.3 Å². The first-order valence-corrected chi connectivity index (χ1v) is 9.70. The van der Waals surface area contributed by atoms with Crippen LogP contribution in [0.1, 0.15) is 15.9 Å². The van der Waals surface area contributed by atoms with Crippen LogP contribution in [0.2, 0.25) is 0 Å². The molecule has 6 heteroatoms. The number of H-pyrrole nitrogens is 1. The smallest absolute Gasteiger partial charge is 0.250 e. The van der Waals surface area contributed by atoms with E-state index in [4.69, 9.17) is 10.5 Å². The van der Waals surface area contributed by atoms with Gasteiger partial charge in [-0.25, -0.2) is 0 Å². The highest BCUT2D eigenvalue weighted by atomic mass is 16.5. The topological polar surface area (TPSA) is 97.2 Å². The number of nitrogens with two attached hydrogens (primary N) is 1. The highest BCUT2D eigenvalue weighted by molar-refractivity contribution is 6.09. The van der Waals surface area contributed by atoms with E-state index in [-0.39, 0.29) is 5.91 Å². The molecule has 0 aliphatic heterocycles. The molecule has 0 aliphatic carbocycles. The van der Waals surface area contributed by atoms with Crippen molar-refractivity contribution < 1.29 is 14.3 Å². The van der Waals surface area contributed by atoms with Gasteiger partial charge in [0.05, 0.1) is 11.1 Å². The molecule has 2 amide bonds. The van der Waals surface area contributed by atoms with Crippen LogP contribution in [-0.4, -0.2) is 16.8 Å². The average Bonchev–Trinajstić information content (AvgIpc) is 3.27. The molecule has 154 valence electrons. The van der Waals surface area contributed by atoms with Crippen LogP contribution in [0.15, 0.2) is 85.6 Å². The number of hydrogen-bond acceptors (Lipinski definition) is 3. The molecule has 0 bridgehead atoms. The van der Waals surface area contributed by atoms with Gasteiger partial charge in [0, 0.05) is 23.3 Å². The summed E-state index contributed by atoms with van der Waals surface area (Å²) in [5.74, 6) is -0.219. The number of rotatable bonds is 7. The van der Waals surface area contributed by atoms with E-state index >= 15 is 0 Å². The van der Waals surface area contributed by atoms with Gasteiger partial charge in [0.15, 0.2) is 0 Å². The summed E-state index contributed by atoms with van der Waals surface area (Å²) in [7, 11) is 0. The summed E-state index contributed by atoms with van der Waals surface area (Å²) in [5, 5.41) is 3.64. The fourth-order valence-corrected chi connectivity index (χ4v) is 3.46. The summed E-state index contributed by atoms with van der Waals surface area (Å²) in [5.41, 5.74) is 9.89. The quantitative estimate of drug-likeness (QED) is 0.387. The molecule has 3 aromatic carbocycles. The zero-order valence-corrected chi connectivity index (χ0v) is 16.7. The molecule has 0 saturated carbocycles. The number of ether oxygens (including phenoxy) is 1. The molecule has 1 aromatic heterocycles. The maximum absolute atomic E-state index is 11.9. The Hall–Kier alpha value is -4.32. The van der Waals surface area contributed by atoms with Crippen LogP contribution in [0.3, 0.4) is 0 Å². The van der Waals surface area contributed by atoms with Crippen molar-refractivity contribution in [1.82, 2.24) is 4.98 Å². The number of fused-ring (bicyclic) bond motifs is 1. The van der Waals surface area contributed by atoms with Gasteiger partial charge in [-0.15, -0.1) is 0 Å². The van der Waals surface area contributed by atoms with Crippen LogP contribution >= 0.6 is 0 Å². The summed E-state index contributed by atoms with van der Waals surface area (Å²) in [6, 6.07) is 20.7. The van der Waals surface area contributed by atoms with E-state index in [0.29, 0.717) is 29.1 Å². The van der Waals surface area contributed by atoms with Crippen LogP contribution in [0.5, 0.6) is 5.75 Å². The maximum Gasteiger partial charge on any atom is 0.250 e. The fourth-order valence-electron chi connectivity index (χ4n) is 3.46. The molecule has 0 fully saturated rings. The predicted molar refractivity (Wildman–Crippen MR) is 122 cm³/mol. The Morgan fingerprint density at radius 1 is 1.06 bits per heavy atom. The van der Waals surface area contributed by atoms with Gasteiger partial charge in [-0.3, -0.25) is 9.59 Å². The van der Waals surface area contributed by atoms with E-state index in [1.165, 1.54) is 6.08 Å². The van der Waals surface area contributed by atoms with Crippen molar-refractivity contribution in [2.45, 2.75) is 6.61 Å². The predicted octanol–water partition coefficient (Wildman–Crippen LogP) is 4.64. The van der Waals surface area contributed by atoms with Gasteiger partial charge in [-0.1, -0.05) is 43.0 Å². The summed E-state index contributed by atoms with van der Waals surface area (Å²) < 4.78 is 6.01. The number of carbonyl (C=O) groups excluding carboxylic acids is 2. The number of aromatic amines is 1. The van der Waals surface area contributed by atoms with Crippen LogP contribution in [0, 0.1) is 0 Å². The number of nitrogens with one attached hydrogen (secondary N) is 2. The normalized spacial score (nSPS) is 10.6. The van der Waals surface area contributed by atoms with Gasteiger partial charge in [0.2, 0.25) is 5.91 Å². The van der Waals surface area contributed by atoms with Crippen LogP contribution in [-0.2, 0) is 11.4 Å². The van der Waals surface area contributed by atoms with Crippen molar-refractivity contribution in [2.24, 2.45) is 5.73 Å². The lowest BCUT2D eigenvalue weighted by Gasteiger charge is -2.13. The molecule has 6 nitrogen and oxygen atoms in total. The highest BCUT2D eigenvalue weighted by Crippen LogP contribution is 2.34. The molecule has 1 heterocycles. The second-order valence-electron chi connectivity index (χ2n) is 7.00. The van der Waals surface area contributed by atoms with Gasteiger partial charge >= 0.3 is 0 Å². The van der Waals surface area contributed by atoms with Crippen LogP contribution < -0.4 is 15.8 Å². The zero-order valence-electron chi connectivity index (χ0n) is 16.7. The second kappa shape index (κ2) is 8.59. The average molecular weight is 411 g/mol. The first kappa shape index (κ1) is 20.0. The van der Waals surface area contributed by atoms with Crippen molar-refractivity contribution >= 4 is 28.4 Å². The highest BCUT2D eigenvalue weighted by Gasteiger charge is 2.14. The Bertz CT molecular complexity index is 1280. The Morgan fingerprint density at radius 3 is 2.61 bits per heavy atom. The monoisotopic (exact) mass is 411 g/mol. The largest absolute Gasteiger partial charge is 0.489 e. The third-order valence-electron chi connectivity index (χ3n) is 4.91. The summed E-state index contributed by atoms with van der Waals surface area (Å²) >= 11 is 0. The standard InChI is InChI=1S/C25H21N3O3/c1-2-23(29)28-18-12-17(13-19(14-18)31-15-16-6-4-3-5-7-16)20-8-9-22(25(26)30)24-21(20)10-11-27-24/h2-14,27H,1,15H2,(H2,26,30)(H,28,29). The molecule has 4 rings (SSSR count). The number of anilines is 1. The SMILES string of the molecule is C=CC(=O)Nc1cc(OCc2ccccc2)cc(-c2ccc(C(N)=O)c3[nH]ccc23)c1. The Kier molecular flexibility index (Phi) is 5.53. The van der Waals surface area contributed by atoms with Gasteiger partial charge in [-0.05, 0) is 47.0 Å².